The lowest BCUT2D eigenvalue weighted by Gasteiger charge is -2.35. The highest BCUT2D eigenvalue weighted by atomic mass is 16.6. The van der Waals surface area contributed by atoms with Crippen molar-refractivity contribution in [3.05, 3.63) is 16.8 Å². The standard InChI is InChI=1S/C19H29N5O2/c1-13-14(2)21-22-17(16(13)11-20)24-9-7-15(8-10-24)12-23(6)18(25)26-19(3,4)5/h15H,7-10,12H2,1-6H3. The van der Waals surface area contributed by atoms with Gasteiger partial charge in [-0.2, -0.15) is 10.4 Å². The van der Waals surface area contributed by atoms with Crippen molar-refractivity contribution in [2.45, 2.75) is 53.1 Å². The average molecular weight is 359 g/mol. The molecule has 0 N–H and O–H groups in total. The van der Waals surface area contributed by atoms with Gasteiger partial charge in [-0.1, -0.05) is 0 Å². The maximum absolute atomic E-state index is 12.1. The first-order chi connectivity index (χ1) is 12.1. The molecule has 142 valence electrons. The number of ether oxygens (including phenoxy) is 1. The van der Waals surface area contributed by atoms with Crippen LogP contribution in [0.15, 0.2) is 0 Å². The number of nitrogens with zero attached hydrogens (tertiary/aromatic N) is 5. The van der Waals surface area contributed by atoms with Crippen LogP contribution in [0.4, 0.5) is 10.6 Å². The molecule has 1 saturated heterocycles. The Bertz CT molecular complexity index is 697. The average Bonchev–Trinajstić information content (AvgIpc) is 2.56. The summed E-state index contributed by atoms with van der Waals surface area (Å²) >= 11 is 0. The lowest BCUT2D eigenvalue weighted by Crippen LogP contribution is -2.41. The molecule has 1 aromatic heterocycles. The zero-order valence-electron chi connectivity index (χ0n) is 16.7. The third-order valence-electron chi connectivity index (χ3n) is 4.70. The van der Waals surface area contributed by atoms with Crippen LogP contribution in [0.5, 0.6) is 0 Å². The van der Waals surface area contributed by atoms with Crippen LogP contribution < -0.4 is 4.90 Å². The molecular weight excluding hydrogens is 330 g/mol. The van der Waals surface area contributed by atoms with E-state index >= 15 is 0 Å². The fourth-order valence-corrected chi connectivity index (χ4v) is 3.08. The number of carbonyl (C=O) groups is 1. The van der Waals surface area contributed by atoms with Crippen LogP contribution in [0, 0.1) is 31.1 Å². The van der Waals surface area contributed by atoms with Gasteiger partial charge in [0.15, 0.2) is 5.82 Å². The van der Waals surface area contributed by atoms with Crippen LogP contribution in [0.1, 0.15) is 50.4 Å². The summed E-state index contributed by atoms with van der Waals surface area (Å²) in [5.41, 5.74) is 1.81. The van der Waals surface area contributed by atoms with Crippen molar-refractivity contribution in [2.24, 2.45) is 5.92 Å². The van der Waals surface area contributed by atoms with Crippen LogP contribution in [0.25, 0.3) is 0 Å². The van der Waals surface area contributed by atoms with Crippen LogP contribution in [0.3, 0.4) is 0 Å². The fraction of sp³-hybridized carbons (Fsp3) is 0.684. The summed E-state index contributed by atoms with van der Waals surface area (Å²) in [5, 5.41) is 17.9. The topological polar surface area (TPSA) is 82.3 Å². The van der Waals surface area contributed by atoms with E-state index in [9.17, 15) is 10.1 Å². The molecule has 1 aliphatic rings. The predicted octanol–water partition coefficient (Wildman–Crippen LogP) is 3.05. The van der Waals surface area contributed by atoms with Gasteiger partial charge in [-0.05, 0) is 58.9 Å². The summed E-state index contributed by atoms with van der Waals surface area (Å²) in [6.07, 6.45) is 1.59. The molecule has 0 saturated carbocycles. The van der Waals surface area contributed by atoms with E-state index in [0.717, 1.165) is 37.2 Å². The Morgan fingerprint density at radius 2 is 1.92 bits per heavy atom. The Kier molecular flexibility index (Phi) is 6.06. The Balaban J connectivity index is 1.95. The molecule has 7 heteroatoms. The normalized spacial score (nSPS) is 15.5. The lowest BCUT2D eigenvalue weighted by atomic mass is 9.96. The Morgan fingerprint density at radius 1 is 1.31 bits per heavy atom. The second kappa shape index (κ2) is 7.90. The lowest BCUT2D eigenvalue weighted by molar-refractivity contribution is 0.0266. The summed E-state index contributed by atoms with van der Waals surface area (Å²) < 4.78 is 5.41. The molecule has 0 atom stereocenters. The zero-order valence-corrected chi connectivity index (χ0v) is 16.7. The predicted molar refractivity (Wildman–Crippen MR) is 100 cm³/mol. The minimum atomic E-state index is -0.482. The molecule has 0 aliphatic carbocycles. The number of anilines is 1. The summed E-state index contributed by atoms with van der Waals surface area (Å²) in [5.74, 6) is 1.09. The summed E-state index contributed by atoms with van der Waals surface area (Å²) in [4.78, 5) is 15.9. The number of aryl methyl sites for hydroxylation is 1. The van der Waals surface area contributed by atoms with E-state index in [-0.39, 0.29) is 6.09 Å². The summed E-state index contributed by atoms with van der Waals surface area (Å²) in [6, 6.07) is 2.27. The third kappa shape index (κ3) is 4.84. The van der Waals surface area contributed by atoms with Crippen molar-refractivity contribution in [3.63, 3.8) is 0 Å². The van der Waals surface area contributed by atoms with Crippen molar-refractivity contribution >= 4 is 11.9 Å². The van der Waals surface area contributed by atoms with E-state index in [1.165, 1.54) is 0 Å². The Morgan fingerprint density at radius 3 is 2.46 bits per heavy atom. The van der Waals surface area contributed by atoms with E-state index in [0.29, 0.717) is 23.8 Å². The Hall–Kier alpha value is -2.36. The first-order valence-electron chi connectivity index (χ1n) is 9.05. The third-order valence-corrected chi connectivity index (χ3v) is 4.70. The van der Waals surface area contributed by atoms with E-state index in [1.54, 1.807) is 11.9 Å². The minimum Gasteiger partial charge on any atom is -0.444 e. The molecule has 0 radical (unpaired) electrons. The number of aromatic nitrogens is 2. The van der Waals surface area contributed by atoms with E-state index < -0.39 is 5.60 Å². The van der Waals surface area contributed by atoms with Gasteiger partial charge >= 0.3 is 6.09 Å². The number of hydrogen-bond donors (Lipinski definition) is 0. The van der Waals surface area contributed by atoms with E-state index in [2.05, 4.69) is 21.2 Å². The van der Waals surface area contributed by atoms with Gasteiger partial charge in [-0.25, -0.2) is 4.79 Å². The highest BCUT2D eigenvalue weighted by Gasteiger charge is 2.27. The first kappa shape index (κ1) is 20.0. The summed E-state index contributed by atoms with van der Waals surface area (Å²) in [7, 11) is 1.78. The first-order valence-corrected chi connectivity index (χ1v) is 9.05. The van der Waals surface area contributed by atoms with Gasteiger partial charge in [0.25, 0.3) is 0 Å². The fourth-order valence-electron chi connectivity index (χ4n) is 3.08. The number of nitriles is 1. The smallest absolute Gasteiger partial charge is 0.410 e. The van der Waals surface area contributed by atoms with Crippen molar-refractivity contribution in [3.8, 4) is 6.07 Å². The van der Waals surface area contributed by atoms with Gasteiger partial charge in [0.1, 0.15) is 17.2 Å². The van der Waals surface area contributed by atoms with Crippen LogP contribution in [0.2, 0.25) is 0 Å². The Labute approximate surface area is 155 Å². The molecule has 0 spiro atoms. The number of rotatable bonds is 3. The SMILES string of the molecule is Cc1nnc(N2CCC(CN(C)C(=O)OC(C)(C)C)CC2)c(C#N)c1C. The van der Waals surface area contributed by atoms with Crippen molar-refractivity contribution in [2.75, 3.05) is 31.6 Å². The van der Waals surface area contributed by atoms with Gasteiger partial charge in [-0.15, -0.1) is 5.10 Å². The molecule has 26 heavy (non-hydrogen) atoms. The monoisotopic (exact) mass is 359 g/mol. The van der Waals surface area contributed by atoms with Crippen LogP contribution in [-0.4, -0.2) is 53.5 Å². The van der Waals surface area contributed by atoms with E-state index in [4.69, 9.17) is 4.74 Å². The van der Waals surface area contributed by atoms with Gasteiger partial charge in [0.05, 0.1) is 5.69 Å². The summed E-state index contributed by atoms with van der Waals surface area (Å²) in [6.45, 7) is 11.7. The largest absolute Gasteiger partial charge is 0.444 e. The molecule has 1 fully saturated rings. The number of hydrogen-bond acceptors (Lipinski definition) is 6. The quantitative estimate of drug-likeness (QED) is 0.825. The van der Waals surface area contributed by atoms with Crippen LogP contribution >= 0.6 is 0 Å². The molecule has 0 unspecified atom stereocenters. The van der Waals surface area contributed by atoms with Gasteiger partial charge in [0.2, 0.25) is 0 Å². The molecule has 2 rings (SSSR count). The molecule has 0 bridgehead atoms. The van der Waals surface area contributed by atoms with Crippen LogP contribution in [-0.2, 0) is 4.74 Å². The minimum absolute atomic E-state index is 0.285. The second-order valence-corrected chi connectivity index (χ2v) is 8.01. The van der Waals surface area contributed by atoms with Crippen molar-refractivity contribution in [1.29, 1.82) is 5.26 Å². The maximum atomic E-state index is 12.1. The highest BCUT2D eigenvalue weighted by Crippen LogP contribution is 2.27. The van der Waals surface area contributed by atoms with Crippen molar-refractivity contribution in [1.82, 2.24) is 15.1 Å². The molecule has 7 nitrogen and oxygen atoms in total. The molecule has 0 aromatic carbocycles. The molecule has 1 amide bonds. The number of carbonyl (C=O) groups excluding carboxylic acids is 1. The van der Waals surface area contributed by atoms with E-state index in [1.807, 2.05) is 34.6 Å². The van der Waals surface area contributed by atoms with Gasteiger partial charge < -0.3 is 14.5 Å². The molecule has 1 aromatic rings. The highest BCUT2D eigenvalue weighted by molar-refractivity contribution is 5.67. The molecular formula is C19H29N5O2. The van der Waals surface area contributed by atoms with Crippen molar-refractivity contribution < 1.29 is 9.53 Å². The van der Waals surface area contributed by atoms with Gasteiger partial charge in [0, 0.05) is 26.7 Å². The zero-order chi connectivity index (χ0) is 19.5. The molecule has 2 heterocycles. The van der Waals surface area contributed by atoms with Gasteiger partial charge in [-0.3, -0.25) is 0 Å². The maximum Gasteiger partial charge on any atom is 0.410 e. The second-order valence-electron chi connectivity index (χ2n) is 8.01. The number of amides is 1. The number of piperidine rings is 1. The molecule has 1 aliphatic heterocycles.